The van der Waals surface area contributed by atoms with Crippen LogP contribution in [0.2, 0.25) is 0 Å². The Bertz CT molecular complexity index is 529. The smallest absolute Gasteiger partial charge is 0.100 e. The Morgan fingerprint density at radius 3 is 2.88 bits per heavy atom. The Morgan fingerprint density at radius 1 is 1.35 bits per heavy atom. The zero-order chi connectivity index (χ0) is 12.1. The minimum atomic E-state index is 0.661. The molecule has 0 saturated heterocycles. The molecule has 17 heavy (non-hydrogen) atoms. The number of nitrogens with zero attached hydrogens (tertiary/aromatic N) is 1. The van der Waals surface area contributed by atoms with E-state index in [0.29, 0.717) is 5.56 Å². The van der Waals surface area contributed by atoms with Crippen molar-refractivity contribution in [3.63, 3.8) is 0 Å². The van der Waals surface area contributed by atoms with Gasteiger partial charge in [-0.1, -0.05) is 0 Å². The van der Waals surface area contributed by atoms with Gasteiger partial charge in [-0.15, -0.1) is 0 Å². The zero-order valence-electron chi connectivity index (χ0n) is 9.11. The quantitative estimate of drug-likeness (QED) is 0.925. The molecule has 1 heterocycles. The van der Waals surface area contributed by atoms with Crippen LogP contribution in [0.15, 0.2) is 39.5 Å². The molecule has 1 aromatic carbocycles. The third-order valence-electron chi connectivity index (χ3n) is 2.41. The molecule has 0 unspecified atom stereocenters. The maximum absolute atomic E-state index is 8.81. The fourth-order valence-electron chi connectivity index (χ4n) is 1.50. The maximum atomic E-state index is 8.81. The highest BCUT2D eigenvalue weighted by molar-refractivity contribution is 9.10. The fraction of sp³-hybridized carbons (Fsp3) is 0.154. The average molecular weight is 307 g/mol. The van der Waals surface area contributed by atoms with E-state index in [1.807, 2.05) is 18.2 Å². The molecule has 1 N–H and O–H groups in total. The third-order valence-corrected chi connectivity index (χ3v) is 3.80. The van der Waals surface area contributed by atoms with Crippen LogP contribution >= 0.6 is 27.3 Å². The standard InChI is InChI=1S/C13H11BrN2S/c14-13-7-12(2-1-11(13)8-15)16-5-3-10-4-6-17-9-10/h1-2,4,6-7,9,16H,3,5H2. The van der Waals surface area contributed by atoms with Crippen LogP contribution in [0.4, 0.5) is 5.69 Å². The first kappa shape index (κ1) is 12.2. The highest BCUT2D eigenvalue weighted by Gasteiger charge is 2.00. The first-order valence-corrected chi connectivity index (χ1v) is 6.98. The number of nitriles is 1. The minimum Gasteiger partial charge on any atom is -0.385 e. The van der Waals surface area contributed by atoms with Crippen LogP contribution in [0.3, 0.4) is 0 Å². The Hall–Kier alpha value is -1.31. The number of anilines is 1. The molecule has 86 valence electrons. The lowest BCUT2D eigenvalue weighted by Crippen LogP contribution is -2.04. The number of nitrogens with one attached hydrogen (secondary N) is 1. The van der Waals surface area contributed by atoms with Crippen molar-refractivity contribution >= 4 is 33.0 Å². The van der Waals surface area contributed by atoms with E-state index in [1.54, 1.807) is 11.3 Å². The highest BCUT2D eigenvalue weighted by Crippen LogP contribution is 2.20. The number of hydrogen-bond donors (Lipinski definition) is 1. The average Bonchev–Trinajstić information content (AvgIpc) is 2.82. The Balaban J connectivity index is 1.91. The van der Waals surface area contributed by atoms with Gasteiger partial charge in [0, 0.05) is 16.7 Å². The van der Waals surface area contributed by atoms with Gasteiger partial charge in [0.2, 0.25) is 0 Å². The largest absolute Gasteiger partial charge is 0.385 e. The van der Waals surface area contributed by atoms with Crippen LogP contribution in [0.25, 0.3) is 0 Å². The van der Waals surface area contributed by atoms with Gasteiger partial charge in [-0.2, -0.15) is 16.6 Å². The number of thiophene rings is 1. The summed E-state index contributed by atoms with van der Waals surface area (Å²) in [5.41, 5.74) is 3.05. The molecule has 0 amide bonds. The topological polar surface area (TPSA) is 35.8 Å². The fourth-order valence-corrected chi connectivity index (χ4v) is 2.67. The van der Waals surface area contributed by atoms with Crippen molar-refractivity contribution < 1.29 is 0 Å². The summed E-state index contributed by atoms with van der Waals surface area (Å²) >= 11 is 5.10. The van der Waals surface area contributed by atoms with Gasteiger partial charge in [-0.05, 0) is 62.9 Å². The van der Waals surface area contributed by atoms with Gasteiger partial charge in [0.1, 0.15) is 6.07 Å². The maximum Gasteiger partial charge on any atom is 0.100 e. The van der Waals surface area contributed by atoms with Crippen molar-refractivity contribution in [3.8, 4) is 6.07 Å². The van der Waals surface area contributed by atoms with Gasteiger partial charge < -0.3 is 5.32 Å². The molecule has 0 fully saturated rings. The van der Waals surface area contributed by atoms with E-state index < -0.39 is 0 Å². The summed E-state index contributed by atoms with van der Waals surface area (Å²) in [4.78, 5) is 0. The van der Waals surface area contributed by atoms with Gasteiger partial charge in [-0.25, -0.2) is 0 Å². The molecular formula is C13H11BrN2S. The summed E-state index contributed by atoms with van der Waals surface area (Å²) < 4.78 is 0.834. The molecule has 0 aliphatic heterocycles. The second-order valence-corrected chi connectivity index (χ2v) is 5.25. The molecule has 1 aromatic heterocycles. The normalized spacial score (nSPS) is 9.88. The first-order chi connectivity index (χ1) is 8.29. The molecule has 0 spiro atoms. The van der Waals surface area contributed by atoms with E-state index in [9.17, 15) is 0 Å². The van der Waals surface area contributed by atoms with Crippen LogP contribution < -0.4 is 5.32 Å². The summed E-state index contributed by atoms with van der Waals surface area (Å²) in [6, 6.07) is 9.95. The Morgan fingerprint density at radius 2 is 2.24 bits per heavy atom. The molecule has 0 saturated carbocycles. The predicted octanol–water partition coefficient (Wildman–Crippen LogP) is 4.04. The first-order valence-electron chi connectivity index (χ1n) is 5.24. The van der Waals surface area contributed by atoms with Crippen molar-refractivity contribution in [2.75, 3.05) is 11.9 Å². The molecule has 2 nitrogen and oxygen atoms in total. The van der Waals surface area contributed by atoms with Crippen molar-refractivity contribution in [1.29, 1.82) is 5.26 Å². The molecule has 2 aromatic rings. The summed E-state index contributed by atoms with van der Waals surface area (Å²) in [7, 11) is 0. The highest BCUT2D eigenvalue weighted by atomic mass is 79.9. The lowest BCUT2D eigenvalue weighted by Gasteiger charge is -2.06. The van der Waals surface area contributed by atoms with E-state index in [-0.39, 0.29) is 0 Å². The zero-order valence-corrected chi connectivity index (χ0v) is 11.5. The van der Waals surface area contributed by atoms with E-state index in [0.717, 1.165) is 23.1 Å². The number of rotatable bonds is 4. The Kier molecular flexibility index (Phi) is 4.18. The van der Waals surface area contributed by atoms with Gasteiger partial charge in [0.05, 0.1) is 5.56 Å². The number of hydrogen-bond acceptors (Lipinski definition) is 3. The van der Waals surface area contributed by atoms with Crippen molar-refractivity contribution in [3.05, 3.63) is 50.6 Å². The molecule has 0 aliphatic rings. The van der Waals surface area contributed by atoms with E-state index in [2.05, 4.69) is 44.1 Å². The van der Waals surface area contributed by atoms with E-state index in [1.165, 1.54) is 5.56 Å². The summed E-state index contributed by atoms with van der Waals surface area (Å²) in [6.07, 6.45) is 1.02. The van der Waals surface area contributed by atoms with Crippen LogP contribution in [-0.4, -0.2) is 6.54 Å². The summed E-state index contributed by atoms with van der Waals surface area (Å²) in [6.45, 7) is 0.898. The van der Waals surface area contributed by atoms with E-state index in [4.69, 9.17) is 5.26 Å². The molecule has 0 atom stereocenters. The second kappa shape index (κ2) is 5.85. The lowest BCUT2D eigenvalue weighted by molar-refractivity contribution is 1.03. The lowest BCUT2D eigenvalue weighted by atomic mass is 10.2. The van der Waals surface area contributed by atoms with Crippen LogP contribution in [0.1, 0.15) is 11.1 Å². The number of halogens is 1. The van der Waals surface area contributed by atoms with Gasteiger partial charge in [0.15, 0.2) is 0 Å². The molecule has 0 aliphatic carbocycles. The van der Waals surface area contributed by atoms with Crippen molar-refractivity contribution in [2.45, 2.75) is 6.42 Å². The predicted molar refractivity (Wildman–Crippen MR) is 75.4 cm³/mol. The second-order valence-electron chi connectivity index (χ2n) is 3.61. The van der Waals surface area contributed by atoms with Crippen LogP contribution in [0, 0.1) is 11.3 Å². The third kappa shape index (κ3) is 3.32. The molecule has 2 rings (SSSR count). The van der Waals surface area contributed by atoms with Crippen LogP contribution in [-0.2, 0) is 6.42 Å². The van der Waals surface area contributed by atoms with Gasteiger partial charge in [0.25, 0.3) is 0 Å². The molecule has 0 radical (unpaired) electrons. The van der Waals surface area contributed by atoms with Crippen molar-refractivity contribution in [1.82, 2.24) is 0 Å². The van der Waals surface area contributed by atoms with Crippen LogP contribution in [0.5, 0.6) is 0 Å². The number of benzene rings is 1. The minimum absolute atomic E-state index is 0.661. The SMILES string of the molecule is N#Cc1ccc(NCCc2ccsc2)cc1Br. The van der Waals surface area contributed by atoms with E-state index >= 15 is 0 Å². The van der Waals surface area contributed by atoms with Crippen molar-refractivity contribution in [2.24, 2.45) is 0 Å². The molecular weight excluding hydrogens is 296 g/mol. The van der Waals surface area contributed by atoms with Gasteiger partial charge in [-0.3, -0.25) is 0 Å². The Labute approximate surface area is 113 Å². The van der Waals surface area contributed by atoms with Gasteiger partial charge >= 0.3 is 0 Å². The molecule has 4 heteroatoms. The molecule has 0 bridgehead atoms. The summed E-state index contributed by atoms with van der Waals surface area (Å²) in [5.74, 6) is 0. The summed E-state index contributed by atoms with van der Waals surface area (Å²) in [5, 5.41) is 16.4. The monoisotopic (exact) mass is 306 g/mol.